The number of carbonyl (C=O) groups is 2. The molecular formula is C12H15NO3S. The molecule has 1 aromatic carbocycles. The Morgan fingerprint density at radius 3 is 2.53 bits per heavy atom. The molecule has 0 aliphatic carbocycles. The Kier molecular flexibility index (Phi) is 5.56. The monoisotopic (exact) mass is 253 g/mol. The normalized spacial score (nSPS) is 11.8. The lowest BCUT2D eigenvalue weighted by atomic mass is 10.1. The molecule has 1 atom stereocenters. The average molecular weight is 253 g/mol. The van der Waals surface area contributed by atoms with Crippen molar-refractivity contribution in [1.82, 2.24) is 5.32 Å². The van der Waals surface area contributed by atoms with Crippen molar-refractivity contribution in [3.8, 4) is 0 Å². The second kappa shape index (κ2) is 6.96. The van der Waals surface area contributed by atoms with Gasteiger partial charge in [0.2, 0.25) is 5.91 Å². The Balaban J connectivity index is 2.61. The predicted octanol–water partition coefficient (Wildman–Crippen LogP) is 1.16. The van der Waals surface area contributed by atoms with Crippen LogP contribution in [0.5, 0.6) is 0 Å². The number of benzene rings is 1. The Bertz CT molecular complexity index is 381. The molecule has 0 spiro atoms. The smallest absolute Gasteiger partial charge is 0.326 e. The summed E-state index contributed by atoms with van der Waals surface area (Å²) in [6, 6.07) is 8.38. The van der Waals surface area contributed by atoms with Crippen LogP contribution in [0.1, 0.15) is 5.56 Å². The highest BCUT2D eigenvalue weighted by atomic mass is 32.2. The summed E-state index contributed by atoms with van der Waals surface area (Å²) < 4.78 is 0. The number of carbonyl (C=O) groups excluding carboxylic acids is 1. The van der Waals surface area contributed by atoms with Crippen molar-refractivity contribution in [2.75, 3.05) is 12.0 Å². The zero-order valence-electron chi connectivity index (χ0n) is 9.55. The largest absolute Gasteiger partial charge is 0.480 e. The fraction of sp³-hybridized carbons (Fsp3) is 0.333. The van der Waals surface area contributed by atoms with Crippen molar-refractivity contribution >= 4 is 23.6 Å². The van der Waals surface area contributed by atoms with Gasteiger partial charge in [0, 0.05) is 6.42 Å². The molecule has 0 fully saturated rings. The minimum atomic E-state index is -1.01. The maximum atomic E-state index is 11.4. The molecule has 92 valence electrons. The van der Waals surface area contributed by atoms with Crippen LogP contribution in [0.2, 0.25) is 0 Å². The molecule has 1 aromatic rings. The molecule has 0 aliphatic heterocycles. The van der Waals surface area contributed by atoms with E-state index in [4.69, 9.17) is 5.11 Å². The first-order chi connectivity index (χ1) is 8.13. The van der Waals surface area contributed by atoms with Crippen molar-refractivity contribution in [2.24, 2.45) is 0 Å². The minimum Gasteiger partial charge on any atom is -0.480 e. The van der Waals surface area contributed by atoms with Crippen LogP contribution < -0.4 is 5.32 Å². The fourth-order valence-corrected chi connectivity index (χ4v) is 1.76. The summed E-state index contributed by atoms with van der Waals surface area (Å²) in [6.45, 7) is 0. The molecule has 1 rings (SSSR count). The van der Waals surface area contributed by atoms with E-state index in [1.165, 1.54) is 11.8 Å². The van der Waals surface area contributed by atoms with E-state index in [9.17, 15) is 9.59 Å². The molecule has 0 radical (unpaired) electrons. The molecule has 0 aromatic heterocycles. The van der Waals surface area contributed by atoms with E-state index in [2.05, 4.69) is 5.32 Å². The summed E-state index contributed by atoms with van der Waals surface area (Å²) in [5.74, 6) is -0.984. The lowest BCUT2D eigenvalue weighted by Gasteiger charge is -2.14. The molecule has 1 amide bonds. The number of carboxylic acid groups (broad SMARTS) is 1. The summed E-state index contributed by atoms with van der Waals surface area (Å²) in [5, 5.41) is 11.5. The van der Waals surface area contributed by atoms with Crippen LogP contribution in [-0.4, -0.2) is 35.0 Å². The molecule has 0 unspecified atom stereocenters. The number of nitrogens with one attached hydrogen (secondary N) is 1. The van der Waals surface area contributed by atoms with Crippen molar-refractivity contribution in [3.63, 3.8) is 0 Å². The summed E-state index contributed by atoms with van der Waals surface area (Å²) in [5.41, 5.74) is 0.893. The number of carboxylic acids is 1. The highest BCUT2D eigenvalue weighted by Gasteiger charge is 2.19. The van der Waals surface area contributed by atoms with Crippen LogP contribution in [0.3, 0.4) is 0 Å². The molecule has 4 nitrogen and oxygen atoms in total. The molecule has 17 heavy (non-hydrogen) atoms. The van der Waals surface area contributed by atoms with Crippen LogP contribution >= 0.6 is 11.8 Å². The number of aliphatic carboxylic acids is 1. The van der Waals surface area contributed by atoms with Gasteiger partial charge in [-0.05, 0) is 11.8 Å². The SMILES string of the molecule is CSCC(=O)N[C@H](Cc1ccccc1)C(=O)O. The van der Waals surface area contributed by atoms with Gasteiger partial charge in [-0.25, -0.2) is 4.79 Å². The third-order valence-electron chi connectivity index (χ3n) is 2.19. The van der Waals surface area contributed by atoms with Gasteiger partial charge in [-0.15, -0.1) is 0 Å². The van der Waals surface area contributed by atoms with Gasteiger partial charge in [0.1, 0.15) is 6.04 Å². The van der Waals surface area contributed by atoms with E-state index in [-0.39, 0.29) is 11.7 Å². The molecule has 0 saturated carbocycles. The van der Waals surface area contributed by atoms with Gasteiger partial charge in [-0.2, -0.15) is 11.8 Å². The average Bonchev–Trinajstić information content (AvgIpc) is 2.29. The Hall–Kier alpha value is -1.49. The molecule has 2 N–H and O–H groups in total. The molecule has 0 bridgehead atoms. The number of rotatable bonds is 6. The second-order valence-electron chi connectivity index (χ2n) is 3.58. The summed E-state index contributed by atoms with van der Waals surface area (Å²) in [7, 11) is 0. The third kappa shape index (κ3) is 4.91. The van der Waals surface area contributed by atoms with Gasteiger partial charge < -0.3 is 10.4 Å². The van der Waals surface area contributed by atoms with E-state index in [1.807, 2.05) is 30.3 Å². The van der Waals surface area contributed by atoms with Crippen LogP contribution in [-0.2, 0) is 16.0 Å². The minimum absolute atomic E-state index is 0.249. The summed E-state index contributed by atoms with van der Waals surface area (Å²) in [4.78, 5) is 22.4. The standard InChI is InChI=1S/C12H15NO3S/c1-17-8-11(14)13-10(12(15)16)7-9-5-3-2-4-6-9/h2-6,10H,7-8H2,1H3,(H,13,14)(H,15,16)/t10-/m1/s1. The molecule has 0 heterocycles. The maximum absolute atomic E-state index is 11.4. The van der Waals surface area contributed by atoms with Gasteiger partial charge in [0.05, 0.1) is 5.75 Å². The molecule has 5 heteroatoms. The highest BCUT2D eigenvalue weighted by Crippen LogP contribution is 2.04. The number of hydrogen-bond acceptors (Lipinski definition) is 3. The van der Waals surface area contributed by atoms with Crippen molar-refractivity contribution < 1.29 is 14.7 Å². The van der Waals surface area contributed by atoms with Gasteiger partial charge in [-0.3, -0.25) is 4.79 Å². The van der Waals surface area contributed by atoms with E-state index >= 15 is 0 Å². The summed E-state index contributed by atoms with van der Waals surface area (Å²) >= 11 is 1.36. The molecular weight excluding hydrogens is 238 g/mol. The lowest BCUT2D eigenvalue weighted by Crippen LogP contribution is -2.43. The van der Waals surface area contributed by atoms with Crippen LogP contribution in [0.15, 0.2) is 30.3 Å². The third-order valence-corrected chi connectivity index (χ3v) is 2.74. The zero-order valence-corrected chi connectivity index (χ0v) is 10.4. The van der Waals surface area contributed by atoms with E-state index < -0.39 is 12.0 Å². The van der Waals surface area contributed by atoms with Crippen molar-refractivity contribution in [2.45, 2.75) is 12.5 Å². The first-order valence-electron chi connectivity index (χ1n) is 5.18. The fourth-order valence-electron chi connectivity index (χ4n) is 1.42. The van der Waals surface area contributed by atoms with E-state index in [1.54, 1.807) is 6.26 Å². The Morgan fingerprint density at radius 2 is 2.00 bits per heavy atom. The molecule has 0 aliphatic rings. The first kappa shape index (κ1) is 13.6. The van der Waals surface area contributed by atoms with Crippen LogP contribution in [0.25, 0.3) is 0 Å². The van der Waals surface area contributed by atoms with Crippen LogP contribution in [0.4, 0.5) is 0 Å². The Labute approximate surface area is 104 Å². The zero-order chi connectivity index (χ0) is 12.7. The lowest BCUT2D eigenvalue weighted by molar-refractivity contribution is -0.141. The number of amides is 1. The van der Waals surface area contributed by atoms with Crippen molar-refractivity contribution in [1.29, 1.82) is 0 Å². The maximum Gasteiger partial charge on any atom is 0.326 e. The van der Waals surface area contributed by atoms with E-state index in [0.717, 1.165) is 5.56 Å². The quantitative estimate of drug-likeness (QED) is 0.798. The van der Waals surface area contributed by atoms with Gasteiger partial charge in [0.15, 0.2) is 0 Å². The van der Waals surface area contributed by atoms with Gasteiger partial charge in [-0.1, -0.05) is 30.3 Å². The molecule has 0 saturated heterocycles. The predicted molar refractivity (Wildman–Crippen MR) is 68.1 cm³/mol. The van der Waals surface area contributed by atoms with E-state index in [0.29, 0.717) is 6.42 Å². The number of hydrogen-bond donors (Lipinski definition) is 2. The Morgan fingerprint density at radius 1 is 1.35 bits per heavy atom. The first-order valence-corrected chi connectivity index (χ1v) is 6.58. The van der Waals surface area contributed by atoms with Crippen molar-refractivity contribution in [3.05, 3.63) is 35.9 Å². The van der Waals surface area contributed by atoms with Gasteiger partial charge >= 0.3 is 5.97 Å². The van der Waals surface area contributed by atoms with Gasteiger partial charge in [0.25, 0.3) is 0 Å². The second-order valence-corrected chi connectivity index (χ2v) is 4.45. The van der Waals surface area contributed by atoms with Crippen LogP contribution in [0, 0.1) is 0 Å². The highest BCUT2D eigenvalue weighted by molar-refractivity contribution is 7.99. The number of thioether (sulfide) groups is 1. The topological polar surface area (TPSA) is 66.4 Å². The summed E-state index contributed by atoms with van der Waals surface area (Å²) in [6.07, 6.45) is 2.10.